The second-order valence-corrected chi connectivity index (χ2v) is 8.17. The van der Waals surface area contributed by atoms with Gasteiger partial charge >= 0.3 is 6.18 Å². The third-order valence-corrected chi connectivity index (χ3v) is 5.92. The molecule has 2 N–H and O–H groups in total. The summed E-state index contributed by atoms with van der Waals surface area (Å²) in [5, 5.41) is 19.9. The van der Waals surface area contributed by atoms with Crippen molar-refractivity contribution in [2.75, 3.05) is 24.5 Å². The van der Waals surface area contributed by atoms with Crippen molar-refractivity contribution in [3.05, 3.63) is 65.5 Å². The molecule has 3 heterocycles. The number of benzene rings is 2. The first-order chi connectivity index (χ1) is 15.9. The summed E-state index contributed by atoms with van der Waals surface area (Å²) < 4.78 is 40.2. The molecule has 0 aliphatic carbocycles. The smallest absolute Gasteiger partial charge is 0.352 e. The molecule has 10 heteroatoms. The molecule has 170 valence electrons. The van der Waals surface area contributed by atoms with Gasteiger partial charge in [0.2, 0.25) is 0 Å². The standard InChI is InChI=1S/C23H22F3N7/c1-14-18-11-16(6-7-20(18)31-30-14)22-29-21(12-28-32-22)33-9-8-27-17(13-33)10-15-4-2-3-5-19(15)23(24,25)26/h2-7,11-12,17,27H,8-10,13H2,1H3,(H,30,31). The summed E-state index contributed by atoms with van der Waals surface area (Å²) in [7, 11) is 0. The molecule has 0 saturated carbocycles. The van der Waals surface area contributed by atoms with E-state index >= 15 is 0 Å². The second kappa shape index (κ2) is 8.43. The van der Waals surface area contributed by atoms with Crippen LogP contribution in [0.25, 0.3) is 22.3 Å². The van der Waals surface area contributed by atoms with Crippen LogP contribution in [0.4, 0.5) is 19.0 Å². The Labute approximate surface area is 188 Å². The molecule has 1 saturated heterocycles. The quantitative estimate of drug-likeness (QED) is 0.490. The van der Waals surface area contributed by atoms with Crippen LogP contribution in [-0.4, -0.2) is 51.1 Å². The highest BCUT2D eigenvalue weighted by molar-refractivity contribution is 5.85. The lowest BCUT2D eigenvalue weighted by atomic mass is 9.98. The maximum atomic E-state index is 13.4. The third kappa shape index (κ3) is 4.38. The first-order valence-corrected chi connectivity index (χ1v) is 10.7. The lowest BCUT2D eigenvalue weighted by Gasteiger charge is -2.34. The molecule has 0 amide bonds. The van der Waals surface area contributed by atoms with Gasteiger partial charge in [-0.15, -0.1) is 5.10 Å². The molecule has 0 radical (unpaired) electrons. The van der Waals surface area contributed by atoms with E-state index in [1.807, 2.05) is 30.0 Å². The van der Waals surface area contributed by atoms with Gasteiger partial charge in [-0.25, -0.2) is 4.98 Å². The summed E-state index contributed by atoms with van der Waals surface area (Å²) >= 11 is 0. The lowest BCUT2D eigenvalue weighted by Crippen LogP contribution is -2.52. The Balaban J connectivity index is 1.37. The normalized spacial score (nSPS) is 17.0. The van der Waals surface area contributed by atoms with Crippen LogP contribution in [0.15, 0.2) is 48.7 Å². The van der Waals surface area contributed by atoms with E-state index in [4.69, 9.17) is 4.98 Å². The van der Waals surface area contributed by atoms with Crippen LogP contribution >= 0.6 is 0 Å². The van der Waals surface area contributed by atoms with Crippen LogP contribution in [0.1, 0.15) is 16.8 Å². The third-order valence-electron chi connectivity index (χ3n) is 5.92. The molecule has 4 aromatic rings. The van der Waals surface area contributed by atoms with Crippen LogP contribution in [-0.2, 0) is 12.6 Å². The number of aryl methyl sites for hydroxylation is 1. The summed E-state index contributed by atoms with van der Waals surface area (Å²) in [4.78, 5) is 6.74. The van der Waals surface area contributed by atoms with Crippen LogP contribution in [0.3, 0.4) is 0 Å². The second-order valence-electron chi connectivity index (χ2n) is 8.17. The monoisotopic (exact) mass is 453 g/mol. The maximum absolute atomic E-state index is 13.4. The summed E-state index contributed by atoms with van der Waals surface area (Å²) in [6.07, 6.45) is -2.50. The van der Waals surface area contributed by atoms with Crippen molar-refractivity contribution in [1.29, 1.82) is 0 Å². The van der Waals surface area contributed by atoms with Crippen LogP contribution in [0.5, 0.6) is 0 Å². The average molecular weight is 453 g/mol. The summed E-state index contributed by atoms with van der Waals surface area (Å²) in [6.45, 7) is 3.78. The predicted molar refractivity (Wildman–Crippen MR) is 119 cm³/mol. The van der Waals surface area contributed by atoms with Gasteiger partial charge in [0, 0.05) is 42.3 Å². The molecule has 5 rings (SSSR count). The number of piperazine rings is 1. The van der Waals surface area contributed by atoms with Crippen molar-refractivity contribution >= 4 is 16.7 Å². The Kier molecular flexibility index (Phi) is 5.45. The summed E-state index contributed by atoms with van der Waals surface area (Å²) in [5.41, 5.74) is 2.35. The number of nitrogens with one attached hydrogen (secondary N) is 2. The molecule has 33 heavy (non-hydrogen) atoms. The van der Waals surface area contributed by atoms with Crippen molar-refractivity contribution < 1.29 is 13.2 Å². The van der Waals surface area contributed by atoms with Crippen LogP contribution < -0.4 is 10.2 Å². The molecule has 2 aromatic carbocycles. The van der Waals surface area contributed by atoms with Crippen LogP contribution in [0, 0.1) is 6.92 Å². The van der Waals surface area contributed by atoms with Gasteiger partial charge < -0.3 is 10.2 Å². The number of nitrogens with zero attached hydrogens (tertiary/aromatic N) is 5. The number of halogens is 3. The number of alkyl halides is 3. The van der Waals surface area contributed by atoms with Gasteiger partial charge in [0.1, 0.15) is 0 Å². The van der Waals surface area contributed by atoms with Gasteiger partial charge in [0.05, 0.1) is 17.3 Å². The van der Waals surface area contributed by atoms with E-state index in [1.165, 1.54) is 6.07 Å². The minimum atomic E-state index is -4.37. The van der Waals surface area contributed by atoms with E-state index in [0.29, 0.717) is 31.3 Å². The Morgan fingerprint density at radius 2 is 2.00 bits per heavy atom. The fourth-order valence-corrected chi connectivity index (χ4v) is 4.26. The van der Waals surface area contributed by atoms with Crippen molar-refractivity contribution in [2.24, 2.45) is 0 Å². The molecule has 0 bridgehead atoms. The minimum absolute atomic E-state index is 0.148. The number of aromatic amines is 1. The molecule has 1 fully saturated rings. The van der Waals surface area contributed by atoms with Crippen LogP contribution in [0.2, 0.25) is 0 Å². The number of H-pyrrole nitrogens is 1. The van der Waals surface area contributed by atoms with Crippen molar-refractivity contribution in [1.82, 2.24) is 30.7 Å². The van der Waals surface area contributed by atoms with E-state index in [0.717, 1.165) is 28.2 Å². The number of hydrogen-bond donors (Lipinski definition) is 2. The van der Waals surface area contributed by atoms with Crippen molar-refractivity contribution in [2.45, 2.75) is 25.6 Å². The Morgan fingerprint density at radius 1 is 1.15 bits per heavy atom. The molecular weight excluding hydrogens is 431 g/mol. The first kappa shape index (κ1) is 21.3. The number of hydrogen-bond acceptors (Lipinski definition) is 6. The molecular formula is C23H22F3N7. The zero-order valence-corrected chi connectivity index (χ0v) is 17.9. The first-order valence-electron chi connectivity index (χ1n) is 10.7. The van der Waals surface area contributed by atoms with Gasteiger partial charge in [-0.05, 0) is 43.2 Å². The minimum Gasteiger partial charge on any atom is -0.352 e. The fourth-order valence-electron chi connectivity index (χ4n) is 4.26. The summed E-state index contributed by atoms with van der Waals surface area (Å²) in [5.74, 6) is 1.15. The zero-order valence-electron chi connectivity index (χ0n) is 17.9. The molecule has 2 aromatic heterocycles. The van der Waals surface area contributed by atoms with E-state index in [2.05, 4.69) is 25.7 Å². The van der Waals surface area contributed by atoms with E-state index in [-0.39, 0.29) is 18.0 Å². The SMILES string of the molecule is Cc1[nH]nc2ccc(-c3nncc(N4CCNC(Cc5ccccc5C(F)(F)F)C4)n3)cc12. The van der Waals surface area contributed by atoms with E-state index in [9.17, 15) is 13.2 Å². The number of anilines is 1. The Morgan fingerprint density at radius 3 is 2.85 bits per heavy atom. The van der Waals surface area contributed by atoms with Gasteiger partial charge in [0.15, 0.2) is 11.6 Å². The molecule has 7 nitrogen and oxygen atoms in total. The highest BCUT2D eigenvalue weighted by Gasteiger charge is 2.34. The predicted octanol–water partition coefficient (Wildman–Crippen LogP) is 3.76. The maximum Gasteiger partial charge on any atom is 0.416 e. The molecule has 1 aliphatic heterocycles. The fraction of sp³-hybridized carbons (Fsp3) is 0.304. The van der Waals surface area contributed by atoms with Gasteiger partial charge in [-0.1, -0.05) is 18.2 Å². The number of aromatic nitrogens is 5. The Bertz CT molecular complexity index is 1280. The average Bonchev–Trinajstić information content (AvgIpc) is 3.19. The molecule has 0 spiro atoms. The highest BCUT2D eigenvalue weighted by atomic mass is 19.4. The van der Waals surface area contributed by atoms with E-state index in [1.54, 1.807) is 18.3 Å². The van der Waals surface area contributed by atoms with E-state index < -0.39 is 11.7 Å². The highest BCUT2D eigenvalue weighted by Crippen LogP contribution is 2.32. The van der Waals surface area contributed by atoms with Gasteiger partial charge in [-0.2, -0.15) is 23.4 Å². The molecule has 1 unspecified atom stereocenters. The number of fused-ring (bicyclic) bond motifs is 1. The number of rotatable bonds is 4. The molecule has 1 atom stereocenters. The zero-order chi connectivity index (χ0) is 23.0. The lowest BCUT2D eigenvalue weighted by molar-refractivity contribution is -0.138. The molecule has 1 aliphatic rings. The van der Waals surface area contributed by atoms with Crippen molar-refractivity contribution in [3.63, 3.8) is 0 Å². The van der Waals surface area contributed by atoms with Crippen molar-refractivity contribution in [3.8, 4) is 11.4 Å². The largest absolute Gasteiger partial charge is 0.416 e. The van der Waals surface area contributed by atoms with Gasteiger partial charge in [-0.3, -0.25) is 5.10 Å². The summed E-state index contributed by atoms with van der Waals surface area (Å²) in [6, 6.07) is 11.4. The Hall–Kier alpha value is -3.53. The van der Waals surface area contributed by atoms with Gasteiger partial charge in [0.25, 0.3) is 0 Å². The topological polar surface area (TPSA) is 82.6 Å².